The lowest BCUT2D eigenvalue weighted by Gasteiger charge is -2.15. The summed E-state index contributed by atoms with van der Waals surface area (Å²) >= 11 is 10.3. The number of hydrogen-bond donors (Lipinski definition) is 1. The van der Waals surface area contributed by atoms with Crippen LogP contribution >= 0.6 is 38.9 Å². The van der Waals surface area contributed by atoms with E-state index in [1.807, 2.05) is 0 Å². The van der Waals surface area contributed by atoms with E-state index in [4.69, 9.17) is 11.6 Å². The van der Waals surface area contributed by atoms with Gasteiger partial charge in [0.25, 0.3) is 0 Å². The average Bonchev–Trinajstić information content (AvgIpc) is 2.53. The molecule has 1 aromatic rings. The van der Waals surface area contributed by atoms with Crippen LogP contribution in [0.4, 0.5) is 0 Å². The lowest BCUT2D eigenvalue weighted by atomic mass is 10.1. The SMILES string of the molecule is O=S(=O)(NC1CCCCCC1)c1cc(Cl)c(Br)s1. The van der Waals surface area contributed by atoms with Gasteiger partial charge in [0.05, 0.1) is 8.81 Å². The second kappa shape index (κ2) is 6.22. The Balaban J connectivity index is 2.11. The Morgan fingerprint density at radius 2 is 1.89 bits per heavy atom. The molecule has 0 spiro atoms. The third-order valence-corrected chi connectivity index (χ3v) is 7.53. The highest BCUT2D eigenvalue weighted by Gasteiger charge is 2.23. The predicted molar refractivity (Wildman–Crippen MR) is 78.8 cm³/mol. The van der Waals surface area contributed by atoms with Crippen molar-refractivity contribution < 1.29 is 8.42 Å². The van der Waals surface area contributed by atoms with E-state index in [-0.39, 0.29) is 10.3 Å². The third kappa shape index (κ3) is 3.70. The minimum Gasteiger partial charge on any atom is -0.207 e. The van der Waals surface area contributed by atoms with E-state index in [1.54, 1.807) is 0 Å². The van der Waals surface area contributed by atoms with E-state index in [0.29, 0.717) is 8.81 Å². The van der Waals surface area contributed by atoms with Gasteiger partial charge in [0, 0.05) is 6.04 Å². The molecule has 0 unspecified atom stereocenters. The number of thiophene rings is 1. The number of nitrogens with one attached hydrogen (secondary N) is 1. The van der Waals surface area contributed by atoms with Crippen molar-refractivity contribution in [3.05, 3.63) is 14.9 Å². The number of hydrogen-bond acceptors (Lipinski definition) is 3. The summed E-state index contributed by atoms with van der Waals surface area (Å²) in [5.74, 6) is 0. The summed E-state index contributed by atoms with van der Waals surface area (Å²) in [6.07, 6.45) is 6.46. The van der Waals surface area contributed by atoms with E-state index in [0.717, 1.165) is 37.0 Å². The van der Waals surface area contributed by atoms with Crippen LogP contribution in [0.3, 0.4) is 0 Å². The van der Waals surface area contributed by atoms with E-state index in [9.17, 15) is 8.42 Å². The van der Waals surface area contributed by atoms with Gasteiger partial charge in [-0.1, -0.05) is 37.3 Å². The zero-order valence-electron chi connectivity index (χ0n) is 9.79. The van der Waals surface area contributed by atoms with Gasteiger partial charge >= 0.3 is 0 Å². The van der Waals surface area contributed by atoms with Crippen molar-refractivity contribution in [1.82, 2.24) is 4.72 Å². The highest BCUT2D eigenvalue weighted by molar-refractivity contribution is 9.11. The molecule has 1 fully saturated rings. The molecule has 1 aromatic heterocycles. The molecule has 1 aliphatic carbocycles. The van der Waals surface area contributed by atoms with Crippen molar-refractivity contribution in [3.8, 4) is 0 Å². The Labute approximate surface area is 125 Å². The van der Waals surface area contributed by atoms with Gasteiger partial charge in [0.1, 0.15) is 4.21 Å². The molecule has 0 atom stereocenters. The molecule has 1 N–H and O–H groups in total. The first-order chi connectivity index (χ1) is 8.49. The fourth-order valence-corrected chi connectivity index (χ4v) is 5.85. The molecule has 3 nitrogen and oxygen atoms in total. The van der Waals surface area contributed by atoms with Crippen molar-refractivity contribution in [3.63, 3.8) is 0 Å². The van der Waals surface area contributed by atoms with Gasteiger partial charge in [-0.15, -0.1) is 11.3 Å². The largest absolute Gasteiger partial charge is 0.250 e. The summed E-state index contributed by atoms with van der Waals surface area (Å²) in [5.41, 5.74) is 0. The molecule has 0 aromatic carbocycles. The van der Waals surface area contributed by atoms with Crippen molar-refractivity contribution in [2.24, 2.45) is 0 Å². The highest BCUT2D eigenvalue weighted by atomic mass is 79.9. The third-order valence-electron chi connectivity index (χ3n) is 3.06. The number of halogens is 2. The summed E-state index contributed by atoms with van der Waals surface area (Å²) in [5, 5.41) is 0.446. The van der Waals surface area contributed by atoms with Gasteiger partial charge in [-0.3, -0.25) is 0 Å². The maximum Gasteiger partial charge on any atom is 0.250 e. The summed E-state index contributed by atoms with van der Waals surface area (Å²) in [6.45, 7) is 0. The van der Waals surface area contributed by atoms with Gasteiger partial charge in [0.15, 0.2) is 0 Å². The molecule has 102 valence electrons. The Morgan fingerprint density at radius 3 is 2.39 bits per heavy atom. The first kappa shape index (κ1) is 14.8. The van der Waals surface area contributed by atoms with Crippen LogP contribution in [0.1, 0.15) is 38.5 Å². The Hall–Kier alpha value is 0.380. The van der Waals surface area contributed by atoms with Gasteiger partial charge in [-0.2, -0.15) is 0 Å². The van der Waals surface area contributed by atoms with Gasteiger partial charge in [0.2, 0.25) is 10.0 Å². The fraction of sp³-hybridized carbons (Fsp3) is 0.636. The van der Waals surface area contributed by atoms with Crippen LogP contribution in [0, 0.1) is 0 Å². The summed E-state index contributed by atoms with van der Waals surface area (Å²) < 4.78 is 28.1. The maximum atomic E-state index is 12.2. The van der Waals surface area contributed by atoms with Crippen LogP contribution in [0.2, 0.25) is 5.02 Å². The van der Waals surface area contributed by atoms with E-state index in [1.165, 1.54) is 18.9 Å². The molecule has 0 radical (unpaired) electrons. The highest BCUT2D eigenvalue weighted by Crippen LogP contribution is 2.34. The van der Waals surface area contributed by atoms with Gasteiger partial charge < -0.3 is 0 Å². The van der Waals surface area contributed by atoms with Crippen LogP contribution in [0.5, 0.6) is 0 Å². The molecule has 1 heterocycles. The first-order valence-corrected chi connectivity index (χ1v) is 9.43. The standard InChI is InChI=1S/C11H15BrClNO2S2/c12-11-9(13)7-10(17-11)18(15,16)14-8-5-3-1-2-4-6-8/h7-8,14H,1-6H2. The van der Waals surface area contributed by atoms with Crippen LogP contribution in [-0.4, -0.2) is 14.5 Å². The Morgan fingerprint density at radius 1 is 1.28 bits per heavy atom. The fourth-order valence-electron chi connectivity index (χ4n) is 2.13. The van der Waals surface area contributed by atoms with Crippen LogP contribution < -0.4 is 4.72 Å². The second-order valence-electron chi connectivity index (χ2n) is 4.50. The first-order valence-electron chi connectivity index (χ1n) is 5.96. The monoisotopic (exact) mass is 371 g/mol. The molecule has 0 bridgehead atoms. The summed E-state index contributed by atoms with van der Waals surface area (Å²) in [6, 6.07) is 1.56. The topological polar surface area (TPSA) is 46.2 Å². The molecular weight excluding hydrogens is 358 g/mol. The normalized spacial score (nSPS) is 18.8. The smallest absolute Gasteiger partial charge is 0.207 e. The van der Waals surface area contributed by atoms with Gasteiger partial charge in [-0.25, -0.2) is 13.1 Å². The van der Waals surface area contributed by atoms with Crippen molar-refractivity contribution in [2.45, 2.75) is 48.8 Å². The lowest BCUT2D eigenvalue weighted by molar-refractivity contribution is 0.511. The van der Waals surface area contributed by atoms with Crippen molar-refractivity contribution >= 4 is 48.9 Å². The summed E-state index contributed by atoms with van der Waals surface area (Å²) in [7, 11) is -3.42. The van der Waals surface area contributed by atoms with Crippen molar-refractivity contribution in [1.29, 1.82) is 0 Å². The molecule has 7 heteroatoms. The quantitative estimate of drug-likeness (QED) is 0.810. The zero-order valence-corrected chi connectivity index (χ0v) is 13.8. The number of sulfonamides is 1. The van der Waals surface area contributed by atoms with E-state index in [2.05, 4.69) is 20.7 Å². The molecule has 2 rings (SSSR count). The summed E-state index contributed by atoms with van der Waals surface area (Å²) in [4.78, 5) is 0. The predicted octanol–water partition coefficient (Wildman–Crippen LogP) is 4.17. The van der Waals surface area contributed by atoms with Crippen LogP contribution in [0.15, 0.2) is 14.1 Å². The van der Waals surface area contributed by atoms with Crippen LogP contribution in [0.25, 0.3) is 0 Å². The average molecular weight is 373 g/mol. The Bertz CT molecular complexity index is 488. The molecule has 0 saturated heterocycles. The lowest BCUT2D eigenvalue weighted by Crippen LogP contribution is -2.33. The minimum atomic E-state index is -3.42. The minimum absolute atomic E-state index is 0.0668. The number of rotatable bonds is 3. The second-order valence-corrected chi connectivity index (χ2v) is 9.21. The Kier molecular flexibility index (Phi) is 5.11. The van der Waals surface area contributed by atoms with E-state index < -0.39 is 10.0 Å². The molecule has 1 saturated carbocycles. The van der Waals surface area contributed by atoms with E-state index >= 15 is 0 Å². The molecular formula is C11H15BrClNO2S2. The van der Waals surface area contributed by atoms with Crippen LogP contribution in [-0.2, 0) is 10.0 Å². The van der Waals surface area contributed by atoms with Gasteiger partial charge in [-0.05, 0) is 34.8 Å². The molecule has 18 heavy (non-hydrogen) atoms. The zero-order chi connectivity index (χ0) is 13.2. The maximum absolute atomic E-state index is 12.2. The molecule has 1 aliphatic rings. The molecule has 0 amide bonds. The molecule has 0 aliphatic heterocycles. The van der Waals surface area contributed by atoms with Crippen molar-refractivity contribution in [2.75, 3.05) is 0 Å².